The standard InChI is InChI=1S/C11H11BrN2O/c12-8-5-6-13-11(7-8)14-9-3-1-2-4-10(9)15/h3,5-7H,1-2,4H2,(H,13,14). The van der Waals surface area contributed by atoms with E-state index in [4.69, 9.17) is 0 Å². The molecule has 1 N–H and O–H groups in total. The van der Waals surface area contributed by atoms with Gasteiger partial charge in [0.25, 0.3) is 0 Å². The van der Waals surface area contributed by atoms with Gasteiger partial charge >= 0.3 is 0 Å². The Bertz CT molecular complexity index is 415. The molecule has 1 aliphatic rings. The molecular formula is C11H11BrN2O. The Hall–Kier alpha value is -1.16. The van der Waals surface area contributed by atoms with E-state index in [0.717, 1.165) is 17.3 Å². The summed E-state index contributed by atoms with van der Waals surface area (Å²) >= 11 is 3.36. The van der Waals surface area contributed by atoms with E-state index in [1.54, 1.807) is 6.20 Å². The van der Waals surface area contributed by atoms with Crippen LogP contribution < -0.4 is 5.32 Å². The Morgan fingerprint density at radius 3 is 3.07 bits per heavy atom. The highest BCUT2D eigenvalue weighted by molar-refractivity contribution is 9.10. The summed E-state index contributed by atoms with van der Waals surface area (Å²) in [6, 6.07) is 3.70. The molecule has 1 heterocycles. The molecule has 4 heteroatoms. The van der Waals surface area contributed by atoms with E-state index in [9.17, 15) is 4.79 Å². The van der Waals surface area contributed by atoms with E-state index >= 15 is 0 Å². The van der Waals surface area contributed by atoms with E-state index in [1.165, 1.54) is 0 Å². The molecular weight excluding hydrogens is 256 g/mol. The molecule has 1 aliphatic carbocycles. The van der Waals surface area contributed by atoms with Crippen molar-refractivity contribution < 1.29 is 4.79 Å². The monoisotopic (exact) mass is 266 g/mol. The van der Waals surface area contributed by atoms with Crippen molar-refractivity contribution >= 4 is 27.5 Å². The van der Waals surface area contributed by atoms with E-state index in [0.29, 0.717) is 17.9 Å². The highest BCUT2D eigenvalue weighted by Crippen LogP contribution is 2.18. The molecule has 0 bridgehead atoms. The maximum atomic E-state index is 11.5. The number of carbonyl (C=O) groups excluding carboxylic acids is 1. The first-order valence-corrected chi connectivity index (χ1v) is 5.67. The molecule has 15 heavy (non-hydrogen) atoms. The molecule has 0 amide bonds. The van der Waals surface area contributed by atoms with Crippen LogP contribution in [0.5, 0.6) is 0 Å². The highest BCUT2D eigenvalue weighted by Gasteiger charge is 2.13. The minimum absolute atomic E-state index is 0.169. The molecule has 1 aromatic heterocycles. The average Bonchev–Trinajstić information content (AvgIpc) is 2.22. The maximum Gasteiger partial charge on any atom is 0.178 e. The van der Waals surface area contributed by atoms with Crippen LogP contribution in [0.2, 0.25) is 0 Å². The molecule has 1 aromatic rings. The van der Waals surface area contributed by atoms with Crippen LogP contribution in [0, 0.1) is 0 Å². The second-order valence-electron chi connectivity index (χ2n) is 3.42. The van der Waals surface area contributed by atoms with Crippen molar-refractivity contribution in [3.05, 3.63) is 34.6 Å². The van der Waals surface area contributed by atoms with Gasteiger partial charge in [-0.15, -0.1) is 0 Å². The van der Waals surface area contributed by atoms with E-state index in [-0.39, 0.29) is 5.78 Å². The molecule has 78 valence electrons. The summed E-state index contributed by atoms with van der Waals surface area (Å²) in [7, 11) is 0. The number of nitrogens with one attached hydrogen (secondary N) is 1. The summed E-state index contributed by atoms with van der Waals surface area (Å²) in [6.07, 6.45) is 6.18. The topological polar surface area (TPSA) is 42.0 Å². The number of aromatic nitrogens is 1. The SMILES string of the molecule is O=C1CCCC=C1Nc1cc(Br)ccn1. The molecule has 3 nitrogen and oxygen atoms in total. The summed E-state index contributed by atoms with van der Waals surface area (Å²) in [5.41, 5.74) is 0.673. The van der Waals surface area contributed by atoms with Gasteiger partial charge in [-0.3, -0.25) is 4.79 Å². The molecule has 0 radical (unpaired) electrons. The third-order valence-electron chi connectivity index (χ3n) is 2.24. The fraction of sp³-hybridized carbons (Fsp3) is 0.273. The third-order valence-corrected chi connectivity index (χ3v) is 2.73. The van der Waals surface area contributed by atoms with Crippen LogP contribution >= 0.6 is 15.9 Å². The highest BCUT2D eigenvalue weighted by atomic mass is 79.9. The molecule has 2 rings (SSSR count). The van der Waals surface area contributed by atoms with Gasteiger partial charge in [-0.1, -0.05) is 22.0 Å². The van der Waals surface area contributed by atoms with Crippen LogP contribution in [0.1, 0.15) is 19.3 Å². The first-order chi connectivity index (χ1) is 7.25. The lowest BCUT2D eigenvalue weighted by Crippen LogP contribution is -2.15. The fourth-order valence-corrected chi connectivity index (χ4v) is 1.82. The van der Waals surface area contributed by atoms with Crippen LogP contribution in [0.15, 0.2) is 34.6 Å². The van der Waals surface area contributed by atoms with E-state index < -0.39 is 0 Å². The number of nitrogens with zero attached hydrogens (tertiary/aromatic N) is 1. The Kier molecular flexibility index (Phi) is 3.16. The Morgan fingerprint density at radius 2 is 2.33 bits per heavy atom. The number of halogens is 1. The number of ketones is 1. The van der Waals surface area contributed by atoms with Gasteiger partial charge < -0.3 is 5.32 Å². The second-order valence-corrected chi connectivity index (χ2v) is 4.33. The Balaban J connectivity index is 2.14. The lowest BCUT2D eigenvalue weighted by molar-refractivity contribution is -0.115. The number of pyridine rings is 1. The first-order valence-electron chi connectivity index (χ1n) is 4.87. The van der Waals surface area contributed by atoms with Gasteiger partial charge in [-0.05, 0) is 25.0 Å². The minimum atomic E-state index is 0.169. The van der Waals surface area contributed by atoms with Crippen LogP contribution in [0.25, 0.3) is 0 Å². The molecule has 0 aromatic carbocycles. The van der Waals surface area contributed by atoms with Gasteiger partial charge in [0.1, 0.15) is 5.82 Å². The Morgan fingerprint density at radius 1 is 1.47 bits per heavy atom. The van der Waals surface area contributed by atoms with Gasteiger partial charge in [0.2, 0.25) is 0 Å². The second kappa shape index (κ2) is 4.57. The molecule has 0 fully saturated rings. The van der Waals surface area contributed by atoms with Crippen molar-refractivity contribution in [3.8, 4) is 0 Å². The lowest BCUT2D eigenvalue weighted by Gasteiger charge is -2.13. The zero-order valence-electron chi connectivity index (χ0n) is 8.16. The van der Waals surface area contributed by atoms with Crippen molar-refractivity contribution in [3.63, 3.8) is 0 Å². The first kappa shape index (κ1) is 10.4. The summed E-state index contributed by atoms with van der Waals surface area (Å²) in [5.74, 6) is 0.869. The molecule has 0 saturated heterocycles. The predicted octanol–water partition coefficient (Wildman–Crippen LogP) is 2.89. The number of Topliss-reactive ketones (excluding diaryl/α,β-unsaturated/α-hetero) is 1. The summed E-state index contributed by atoms with van der Waals surface area (Å²) < 4.78 is 0.948. The lowest BCUT2D eigenvalue weighted by atomic mass is 10.0. The quantitative estimate of drug-likeness (QED) is 0.895. The molecule has 0 saturated carbocycles. The normalized spacial score (nSPS) is 16.1. The van der Waals surface area contributed by atoms with Crippen molar-refractivity contribution in [1.82, 2.24) is 4.98 Å². The predicted molar refractivity (Wildman–Crippen MR) is 62.5 cm³/mol. The van der Waals surface area contributed by atoms with Gasteiger partial charge in [0, 0.05) is 17.1 Å². The number of rotatable bonds is 2. The summed E-state index contributed by atoms with van der Waals surface area (Å²) in [5, 5.41) is 3.04. The van der Waals surface area contributed by atoms with Gasteiger partial charge in [-0.2, -0.15) is 0 Å². The number of hydrogen-bond donors (Lipinski definition) is 1. The fourth-order valence-electron chi connectivity index (χ4n) is 1.49. The number of allylic oxidation sites excluding steroid dienone is 2. The largest absolute Gasteiger partial charge is 0.338 e. The number of hydrogen-bond acceptors (Lipinski definition) is 3. The van der Waals surface area contributed by atoms with Crippen LogP contribution in [0.3, 0.4) is 0 Å². The van der Waals surface area contributed by atoms with Gasteiger partial charge in [0.15, 0.2) is 5.78 Å². The molecule has 0 aliphatic heterocycles. The maximum absolute atomic E-state index is 11.5. The Labute approximate surface area is 96.7 Å². The molecule has 0 atom stereocenters. The van der Waals surface area contributed by atoms with Gasteiger partial charge in [-0.25, -0.2) is 4.98 Å². The molecule has 0 unspecified atom stereocenters. The van der Waals surface area contributed by atoms with Crippen LogP contribution in [-0.2, 0) is 4.79 Å². The van der Waals surface area contributed by atoms with Crippen LogP contribution in [-0.4, -0.2) is 10.8 Å². The summed E-state index contributed by atoms with van der Waals surface area (Å²) in [6.45, 7) is 0. The minimum Gasteiger partial charge on any atom is -0.338 e. The van der Waals surface area contributed by atoms with Crippen molar-refractivity contribution in [2.75, 3.05) is 5.32 Å². The van der Waals surface area contributed by atoms with Crippen molar-refractivity contribution in [2.24, 2.45) is 0 Å². The van der Waals surface area contributed by atoms with Gasteiger partial charge in [0.05, 0.1) is 5.70 Å². The number of carbonyl (C=O) groups is 1. The number of anilines is 1. The van der Waals surface area contributed by atoms with Crippen LogP contribution in [0.4, 0.5) is 5.82 Å². The molecule has 0 spiro atoms. The zero-order chi connectivity index (χ0) is 10.7. The van der Waals surface area contributed by atoms with Crippen molar-refractivity contribution in [2.45, 2.75) is 19.3 Å². The third kappa shape index (κ3) is 2.65. The zero-order valence-corrected chi connectivity index (χ0v) is 9.75. The van der Waals surface area contributed by atoms with Crippen molar-refractivity contribution in [1.29, 1.82) is 0 Å². The smallest absolute Gasteiger partial charge is 0.178 e. The van der Waals surface area contributed by atoms with E-state index in [1.807, 2.05) is 18.2 Å². The average molecular weight is 267 g/mol. The van der Waals surface area contributed by atoms with E-state index in [2.05, 4.69) is 26.2 Å². The summed E-state index contributed by atoms with van der Waals surface area (Å²) in [4.78, 5) is 15.6.